The van der Waals surface area contributed by atoms with E-state index in [-0.39, 0.29) is 0 Å². The van der Waals surface area contributed by atoms with Crippen LogP contribution in [-0.2, 0) is 11.0 Å². The van der Waals surface area contributed by atoms with Crippen LogP contribution < -0.4 is 4.74 Å². The van der Waals surface area contributed by atoms with Crippen LogP contribution in [-0.4, -0.2) is 18.2 Å². The molecule has 1 rings (SSSR count). The Hall–Kier alpha value is -0.920. The molecule has 0 spiro atoms. The molecule has 1 N–H and O–H groups in total. The zero-order chi connectivity index (χ0) is 9.68. The minimum atomic E-state index is -2.02. The van der Waals surface area contributed by atoms with Gasteiger partial charge in [-0.05, 0) is 22.3 Å². The summed E-state index contributed by atoms with van der Waals surface area (Å²) in [6.07, 6.45) is 0.956. The topological polar surface area (TPSA) is 46.5 Å². The summed E-state index contributed by atoms with van der Waals surface area (Å²) in [4.78, 5) is 8.60. The Morgan fingerprint density at radius 3 is 2.46 bits per heavy atom. The van der Waals surface area contributed by atoms with Crippen molar-refractivity contribution in [3.63, 3.8) is 0 Å². The summed E-state index contributed by atoms with van der Waals surface area (Å²) in [5.41, 5.74) is 1.05. The molecule has 0 fully saturated rings. The first-order valence-electron chi connectivity index (χ1n) is 3.99. The molecule has 0 saturated carbocycles. The van der Waals surface area contributed by atoms with Crippen molar-refractivity contribution in [1.82, 2.24) is 0 Å². The number of methoxy groups -OCH3 is 1. The van der Waals surface area contributed by atoms with Crippen LogP contribution in [0.4, 0.5) is 0 Å². The fourth-order valence-electron chi connectivity index (χ4n) is 1.02. The predicted molar refractivity (Wildman–Crippen MR) is 51.4 cm³/mol. The monoisotopic (exact) mass is 199 g/mol. The lowest BCUT2D eigenvalue weighted by atomic mass is 10.2. The Balaban J connectivity index is 2.54. The minimum Gasteiger partial charge on any atom is -0.497 e. The molecular weight excluding hydrogens is 187 g/mol. The average molecular weight is 199 g/mol. The normalized spacial score (nSPS) is 11.1. The minimum absolute atomic E-state index is 0.321. The lowest BCUT2D eigenvalue weighted by Crippen LogP contribution is -1.88. The fourth-order valence-corrected chi connectivity index (χ4v) is 1.47. The molecule has 1 atom stereocenters. The largest absolute Gasteiger partial charge is 0.505 e. The van der Waals surface area contributed by atoms with E-state index in [2.05, 4.69) is 0 Å². The zero-order valence-corrected chi connectivity index (χ0v) is 8.33. The highest BCUT2D eigenvalue weighted by atomic mass is 31.1. The van der Waals surface area contributed by atoms with Crippen LogP contribution in [0.5, 0.6) is 5.75 Å². The molecule has 0 amide bonds. The Labute approximate surface area is 78.2 Å². The van der Waals surface area contributed by atoms with Crippen LogP contribution in [0.1, 0.15) is 5.56 Å². The summed E-state index contributed by atoms with van der Waals surface area (Å²) in [5.74, 6) is 0.803. The third-order valence-corrected chi connectivity index (χ3v) is 2.36. The highest BCUT2D eigenvalue weighted by Gasteiger charge is 2.09. The second-order valence-corrected chi connectivity index (χ2v) is 3.83. The summed E-state index contributed by atoms with van der Waals surface area (Å²) in [6, 6.07) is 7.49. The van der Waals surface area contributed by atoms with Crippen molar-refractivity contribution < 1.29 is 14.2 Å². The molecule has 0 bridgehead atoms. The third kappa shape index (κ3) is 3.53. The van der Waals surface area contributed by atoms with Crippen molar-refractivity contribution in [2.24, 2.45) is 0 Å². The van der Waals surface area contributed by atoms with Gasteiger partial charge < -0.3 is 4.74 Å². The van der Waals surface area contributed by atoms with Gasteiger partial charge in [0.15, 0.2) is 6.16 Å². The van der Waals surface area contributed by atoms with Crippen molar-refractivity contribution in [3.8, 4) is 5.75 Å². The molecule has 70 valence electrons. The molecular formula is C9H12O3P+. The van der Waals surface area contributed by atoms with Gasteiger partial charge >= 0.3 is 8.03 Å². The predicted octanol–water partition coefficient (Wildman–Crippen LogP) is 1.97. The molecule has 1 aromatic rings. The second kappa shape index (κ2) is 4.95. The number of ether oxygens (including phenoxy) is 1. The van der Waals surface area contributed by atoms with Gasteiger partial charge in [-0.3, -0.25) is 0 Å². The smallest absolute Gasteiger partial charge is 0.497 e. The highest BCUT2D eigenvalue weighted by molar-refractivity contribution is 7.37. The lowest BCUT2D eigenvalue weighted by Gasteiger charge is -1.99. The van der Waals surface area contributed by atoms with Gasteiger partial charge in [-0.15, -0.1) is 0 Å². The Morgan fingerprint density at radius 1 is 1.38 bits per heavy atom. The number of benzene rings is 1. The Kier molecular flexibility index (Phi) is 3.87. The number of hydrogen-bond donors (Lipinski definition) is 1. The number of aryl methyl sites for hydroxylation is 1. The standard InChI is InChI=1S/C9H11O3P/c1-12-9-4-2-8(3-5-9)6-7-13(10)11/h2-5H,6-7H2,1H3/p+1. The van der Waals surface area contributed by atoms with E-state index < -0.39 is 8.03 Å². The summed E-state index contributed by atoms with van der Waals surface area (Å²) < 4.78 is 15.4. The number of hydrogen-bond acceptors (Lipinski definition) is 2. The van der Waals surface area contributed by atoms with Gasteiger partial charge in [-0.2, -0.15) is 4.89 Å². The average Bonchev–Trinajstić information content (AvgIpc) is 2.15. The molecule has 0 aromatic heterocycles. The lowest BCUT2D eigenvalue weighted by molar-refractivity contribution is 0.414. The molecule has 3 nitrogen and oxygen atoms in total. The van der Waals surface area contributed by atoms with E-state index in [1.54, 1.807) is 7.11 Å². The summed E-state index contributed by atoms with van der Waals surface area (Å²) in [6.45, 7) is 0. The number of rotatable bonds is 4. The summed E-state index contributed by atoms with van der Waals surface area (Å²) in [7, 11) is -0.406. The Bertz CT molecular complexity index is 281. The van der Waals surface area contributed by atoms with Crippen LogP contribution in [0.3, 0.4) is 0 Å². The maximum atomic E-state index is 10.4. The van der Waals surface area contributed by atoms with Crippen molar-refractivity contribution in [2.45, 2.75) is 6.42 Å². The van der Waals surface area contributed by atoms with Crippen molar-refractivity contribution in [3.05, 3.63) is 29.8 Å². The molecule has 0 aliphatic heterocycles. The molecule has 4 heteroatoms. The second-order valence-electron chi connectivity index (χ2n) is 2.67. The van der Waals surface area contributed by atoms with Crippen molar-refractivity contribution in [2.75, 3.05) is 13.3 Å². The van der Waals surface area contributed by atoms with E-state index in [1.165, 1.54) is 0 Å². The van der Waals surface area contributed by atoms with Crippen molar-refractivity contribution in [1.29, 1.82) is 0 Å². The van der Waals surface area contributed by atoms with Gasteiger partial charge in [0.05, 0.1) is 7.11 Å². The van der Waals surface area contributed by atoms with E-state index >= 15 is 0 Å². The zero-order valence-electron chi connectivity index (χ0n) is 7.43. The van der Waals surface area contributed by atoms with E-state index in [1.807, 2.05) is 24.3 Å². The third-order valence-electron chi connectivity index (χ3n) is 1.75. The van der Waals surface area contributed by atoms with Gasteiger partial charge in [0.1, 0.15) is 5.75 Å². The van der Waals surface area contributed by atoms with Crippen LogP contribution in [0.25, 0.3) is 0 Å². The van der Waals surface area contributed by atoms with Gasteiger partial charge in [-0.25, -0.2) is 0 Å². The van der Waals surface area contributed by atoms with E-state index in [4.69, 9.17) is 9.63 Å². The molecule has 0 saturated heterocycles. The van der Waals surface area contributed by atoms with Crippen LogP contribution in [0.2, 0.25) is 0 Å². The van der Waals surface area contributed by atoms with E-state index in [9.17, 15) is 4.57 Å². The molecule has 1 unspecified atom stereocenters. The first kappa shape index (κ1) is 10.2. The van der Waals surface area contributed by atoms with E-state index in [0.717, 1.165) is 11.3 Å². The maximum Gasteiger partial charge on any atom is 0.505 e. The molecule has 0 aliphatic carbocycles. The Morgan fingerprint density at radius 2 is 2.00 bits per heavy atom. The van der Waals surface area contributed by atoms with Crippen molar-refractivity contribution >= 4 is 8.03 Å². The molecule has 1 aromatic carbocycles. The molecule has 0 radical (unpaired) electrons. The van der Waals surface area contributed by atoms with Crippen LogP contribution in [0.15, 0.2) is 24.3 Å². The summed E-state index contributed by atoms with van der Waals surface area (Å²) >= 11 is 0. The maximum absolute atomic E-state index is 10.4. The summed E-state index contributed by atoms with van der Waals surface area (Å²) in [5, 5.41) is 0. The van der Waals surface area contributed by atoms with Crippen LogP contribution >= 0.6 is 8.03 Å². The van der Waals surface area contributed by atoms with Gasteiger partial charge in [0.2, 0.25) is 0 Å². The van der Waals surface area contributed by atoms with Gasteiger partial charge in [0, 0.05) is 6.42 Å². The quantitative estimate of drug-likeness (QED) is 0.754. The molecule has 13 heavy (non-hydrogen) atoms. The SMILES string of the molecule is COc1ccc(CC[P+](=O)O)cc1. The van der Waals surface area contributed by atoms with E-state index in [0.29, 0.717) is 12.6 Å². The van der Waals surface area contributed by atoms with Crippen LogP contribution in [0, 0.1) is 0 Å². The first-order valence-corrected chi connectivity index (χ1v) is 5.38. The fraction of sp³-hybridized carbons (Fsp3) is 0.333. The first-order chi connectivity index (χ1) is 6.22. The molecule has 0 heterocycles. The highest BCUT2D eigenvalue weighted by Crippen LogP contribution is 2.17. The van der Waals surface area contributed by atoms with Gasteiger partial charge in [0.25, 0.3) is 0 Å². The molecule has 0 aliphatic rings. The van der Waals surface area contributed by atoms with Gasteiger partial charge in [-0.1, -0.05) is 12.1 Å².